The van der Waals surface area contributed by atoms with Crippen molar-refractivity contribution in [3.05, 3.63) is 41.3 Å². The molecule has 0 heterocycles. The number of ether oxygens (including phenoxy) is 4. The van der Waals surface area contributed by atoms with E-state index in [1.807, 2.05) is 0 Å². The van der Waals surface area contributed by atoms with Crippen molar-refractivity contribution in [2.75, 3.05) is 38.9 Å². The highest BCUT2D eigenvalue weighted by Gasteiger charge is 2.13. The fraction of sp³-hybridized carbons (Fsp3) is 0.222. The molecule has 0 bridgehead atoms. The third-order valence-corrected chi connectivity index (χ3v) is 4.63. The molecule has 0 fully saturated rings. The van der Waals surface area contributed by atoms with Crippen molar-refractivity contribution in [3.63, 3.8) is 0 Å². The first-order valence-electron chi connectivity index (χ1n) is 7.78. The first kappa shape index (κ1) is 20.2. The van der Waals surface area contributed by atoms with Gasteiger partial charge in [0, 0.05) is 0 Å². The number of nitrogens with two attached hydrogens (primary N) is 1. The molecule has 9 heteroatoms. The Morgan fingerprint density at radius 3 is 1.96 bits per heavy atom. The Morgan fingerprint density at radius 2 is 1.48 bits per heavy atom. The van der Waals surface area contributed by atoms with E-state index in [9.17, 15) is 8.42 Å². The van der Waals surface area contributed by atoms with Crippen molar-refractivity contribution in [3.8, 4) is 23.0 Å². The van der Waals surface area contributed by atoms with Crippen LogP contribution in [0.3, 0.4) is 0 Å². The zero-order valence-corrected chi connectivity index (χ0v) is 16.3. The van der Waals surface area contributed by atoms with Crippen molar-refractivity contribution < 1.29 is 27.4 Å². The van der Waals surface area contributed by atoms with Crippen LogP contribution in [0.25, 0.3) is 6.08 Å². The van der Waals surface area contributed by atoms with Gasteiger partial charge in [0.05, 0.1) is 45.2 Å². The minimum atomic E-state index is -3.76. The van der Waals surface area contributed by atoms with Crippen LogP contribution in [0.2, 0.25) is 0 Å². The first-order chi connectivity index (χ1) is 12.8. The minimum absolute atomic E-state index is 0.322. The van der Waals surface area contributed by atoms with E-state index in [1.165, 1.54) is 40.6 Å². The molecule has 0 aliphatic heterocycles. The maximum Gasteiger partial charge on any atom is 0.255 e. The molecular weight excluding hydrogens is 372 g/mol. The molecule has 0 unspecified atom stereocenters. The van der Waals surface area contributed by atoms with Crippen LogP contribution in [0, 0.1) is 0 Å². The lowest BCUT2D eigenvalue weighted by Crippen LogP contribution is -2.09. The Labute approximate surface area is 158 Å². The van der Waals surface area contributed by atoms with E-state index in [-0.39, 0.29) is 0 Å². The Balaban J connectivity index is 2.27. The molecule has 146 valence electrons. The van der Waals surface area contributed by atoms with Gasteiger partial charge < -0.3 is 24.7 Å². The van der Waals surface area contributed by atoms with Gasteiger partial charge in [-0.15, -0.1) is 0 Å². The van der Waals surface area contributed by atoms with Gasteiger partial charge in [-0.2, -0.15) is 0 Å². The Kier molecular flexibility index (Phi) is 6.40. The molecule has 0 atom stereocenters. The van der Waals surface area contributed by atoms with Gasteiger partial charge in [-0.1, -0.05) is 0 Å². The van der Waals surface area contributed by atoms with Crippen LogP contribution in [0.15, 0.2) is 35.7 Å². The van der Waals surface area contributed by atoms with Gasteiger partial charge in [0.25, 0.3) is 10.0 Å². The van der Waals surface area contributed by atoms with Crippen molar-refractivity contribution >= 4 is 27.5 Å². The maximum atomic E-state index is 12.3. The van der Waals surface area contributed by atoms with Crippen LogP contribution < -0.4 is 29.4 Å². The first-order valence-corrected chi connectivity index (χ1v) is 9.32. The van der Waals surface area contributed by atoms with E-state index in [0.29, 0.717) is 39.9 Å². The topological polar surface area (TPSA) is 109 Å². The number of hydrogen-bond donors (Lipinski definition) is 2. The number of rotatable bonds is 8. The molecule has 8 nitrogen and oxygen atoms in total. The number of benzene rings is 2. The molecule has 2 aromatic carbocycles. The molecule has 0 amide bonds. The van der Waals surface area contributed by atoms with Gasteiger partial charge in [-0.05, 0) is 42.0 Å². The van der Waals surface area contributed by atoms with Gasteiger partial charge in [0.15, 0.2) is 11.5 Å². The molecule has 0 aliphatic carbocycles. The highest BCUT2D eigenvalue weighted by molar-refractivity contribution is 7.95. The predicted molar refractivity (Wildman–Crippen MR) is 105 cm³/mol. The second kappa shape index (κ2) is 8.54. The summed E-state index contributed by atoms with van der Waals surface area (Å²) in [6.07, 6.45) is 1.42. The summed E-state index contributed by atoms with van der Waals surface area (Å²) in [6.45, 7) is 0. The average molecular weight is 394 g/mol. The largest absolute Gasteiger partial charge is 0.495 e. The highest BCUT2D eigenvalue weighted by Crippen LogP contribution is 2.38. The molecule has 3 N–H and O–H groups in total. The molecule has 0 aliphatic rings. The summed E-state index contributed by atoms with van der Waals surface area (Å²) < 4.78 is 47.8. The van der Waals surface area contributed by atoms with E-state index in [0.717, 1.165) is 5.41 Å². The molecule has 2 aromatic rings. The van der Waals surface area contributed by atoms with Crippen LogP contribution in [0.4, 0.5) is 11.4 Å². The van der Waals surface area contributed by atoms with Gasteiger partial charge in [0.2, 0.25) is 5.75 Å². The van der Waals surface area contributed by atoms with E-state index in [2.05, 4.69) is 4.72 Å². The van der Waals surface area contributed by atoms with E-state index < -0.39 is 10.0 Å². The monoisotopic (exact) mass is 394 g/mol. The van der Waals surface area contributed by atoms with Gasteiger partial charge in [0.1, 0.15) is 5.75 Å². The van der Waals surface area contributed by atoms with Crippen LogP contribution in [0.5, 0.6) is 23.0 Å². The van der Waals surface area contributed by atoms with E-state index in [4.69, 9.17) is 24.7 Å². The smallest absolute Gasteiger partial charge is 0.255 e. The number of nitrogens with one attached hydrogen (secondary N) is 1. The van der Waals surface area contributed by atoms with Crippen LogP contribution in [0.1, 0.15) is 5.56 Å². The fourth-order valence-corrected chi connectivity index (χ4v) is 3.22. The average Bonchev–Trinajstić information content (AvgIpc) is 2.65. The lowest BCUT2D eigenvalue weighted by Gasteiger charge is -2.13. The molecule has 2 rings (SSSR count). The molecule has 0 radical (unpaired) electrons. The van der Waals surface area contributed by atoms with Gasteiger partial charge in [-0.3, -0.25) is 4.72 Å². The van der Waals surface area contributed by atoms with Crippen molar-refractivity contribution in [2.45, 2.75) is 0 Å². The number of sulfonamides is 1. The lowest BCUT2D eigenvalue weighted by molar-refractivity contribution is 0.324. The van der Waals surface area contributed by atoms with Crippen LogP contribution in [-0.2, 0) is 10.0 Å². The molecule has 0 saturated carbocycles. The number of nitrogen functional groups attached to an aromatic ring is 1. The second-order valence-electron chi connectivity index (χ2n) is 5.37. The van der Waals surface area contributed by atoms with Crippen molar-refractivity contribution in [1.29, 1.82) is 0 Å². The Morgan fingerprint density at radius 1 is 0.889 bits per heavy atom. The molecule has 0 spiro atoms. The molecular formula is C18H22N2O6S. The van der Waals surface area contributed by atoms with Gasteiger partial charge in [-0.25, -0.2) is 8.42 Å². The van der Waals surface area contributed by atoms with Crippen LogP contribution in [-0.4, -0.2) is 36.9 Å². The third kappa shape index (κ3) is 4.98. The Bertz CT molecular complexity index is 916. The minimum Gasteiger partial charge on any atom is -0.495 e. The summed E-state index contributed by atoms with van der Waals surface area (Å²) in [5.41, 5.74) is 7.00. The van der Waals surface area contributed by atoms with Gasteiger partial charge >= 0.3 is 0 Å². The fourth-order valence-electron chi connectivity index (χ4n) is 2.36. The zero-order chi connectivity index (χ0) is 20.0. The quantitative estimate of drug-likeness (QED) is 0.663. The summed E-state index contributed by atoms with van der Waals surface area (Å²) >= 11 is 0. The normalized spacial score (nSPS) is 11.3. The highest BCUT2D eigenvalue weighted by atomic mass is 32.2. The SMILES string of the molecule is COc1ccc(NS(=O)(=O)/C=C/c2cc(OC)c(OC)c(OC)c2)cc1N. The number of anilines is 2. The number of hydrogen-bond acceptors (Lipinski definition) is 7. The second-order valence-corrected chi connectivity index (χ2v) is 6.93. The predicted octanol–water partition coefficient (Wildman–Crippen LogP) is 2.72. The van der Waals surface area contributed by atoms with Crippen molar-refractivity contribution in [1.82, 2.24) is 0 Å². The maximum absolute atomic E-state index is 12.3. The summed E-state index contributed by atoms with van der Waals surface area (Å²) in [5, 5.41) is 1.04. The number of methoxy groups -OCH3 is 4. The van der Waals surface area contributed by atoms with Crippen LogP contribution >= 0.6 is 0 Å². The molecule has 27 heavy (non-hydrogen) atoms. The lowest BCUT2D eigenvalue weighted by atomic mass is 10.2. The van der Waals surface area contributed by atoms with E-state index in [1.54, 1.807) is 24.3 Å². The summed E-state index contributed by atoms with van der Waals surface area (Å²) in [6, 6.07) is 7.89. The van der Waals surface area contributed by atoms with Crippen molar-refractivity contribution in [2.24, 2.45) is 0 Å². The molecule has 0 aromatic heterocycles. The third-order valence-electron chi connectivity index (χ3n) is 3.62. The Hall–Kier alpha value is -3.07. The van der Waals surface area contributed by atoms with E-state index >= 15 is 0 Å². The summed E-state index contributed by atoms with van der Waals surface area (Å²) in [4.78, 5) is 0. The zero-order valence-electron chi connectivity index (χ0n) is 15.5. The molecule has 0 saturated heterocycles. The summed E-state index contributed by atoms with van der Waals surface area (Å²) in [5.74, 6) is 1.73. The standard InChI is InChI=1S/C18H22N2O6S/c1-23-15-6-5-13(11-14(15)19)20-27(21,22)8-7-12-9-16(24-2)18(26-4)17(10-12)25-3/h5-11,20H,19H2,1-4H3/b8-7+. The summed E-state index contributed by atoms with van der Waals surface area (Å²) in [7, 11) is 2.18.